The second-order valence-electron chi connectivity index (χ2n) is 3.90. The van der Waals surface area contributed by atoms with Crippen LogP contribution in [0.15, 0.2) is 0 Å². The summed E-state index contributed by atoms with van der Waals surface area (Å²) in [6.45, 7) is 4.97. The van der Waals surface area contributed by atoms with Gasteiger partial charge in [0.15, 0.2) is 0 Å². The second kappa shape index (κ2) is 7.14. The molecule has 0 bridgehead atoms. The minimum absolute atomic E-state index is 0.0861. The van der Waals surface area contributed by atoms with E-state index in [0.29, 0.717) is 17.6 Å². The number of carbonyl (C=O) groups is 1. The maximum absolute atomic E-state index is 11.1. The van der Waals surface area contributed by atoms with Crippen molar-refractivity contribution in [1.29, 1.82) is 0 Å². The standard InChI is InChI=1S/C11H20O4S/c1-3-14-11(13)6-9(12)7-16-10-4-5-15-8(10)2/h8-10,12H,3-7H2,1-2H3. The van der Waals surface area contributed by atoms with E-state index in [1.54, 1.807) is 18.7 Å². The molecule has 0 aromatic carbocycles. The van der Waals surface area contributed by atoms with Crippen LogP contribution in [-0.2, 0) is 14.3 Å². The Morgan fingerprint density at radius 2 is 2.44 bits per heavy atom. The Balaban J connectivity index is 2.14. The lowest BCUT2D eigenvalue weighted by Gasteiger charge is -2.15. The van der Waals surface area contributed by atoms with E-state index in [-0.39, 0.29) is 18.5 Å². The summed E-state index contributed by atoms with van der Waals surface area (Å²) >= 11 is 1.68. The zero-order chi connectivity index (χ0) is 12.0. The predicted molar refractivity (Wildman–Crippen MR) is 63.5 cm³/mol. The molecule has 1 rings (SSSR count). The molecule has 0 aliphatic carbocycles. The van der Waals surface area contributed by atoms with E-state index in [1.165, 1.54) is 0 Å². The number of ether oxygens (including phenoxy) is 2. The van der Waals surface area contributed by atoms with E-state index in [2.05, 4.69) is 0 Å². The van der Waals surface area contributed by atoms with Gasteiger partial charge in [-0.15, -0.1) is 0 Å². The number of thioether (sulfide) groups is 1. The SMILES string of the molecule is CCOC(=O)CC(O)CSC1CCOC1C. The smallest absolute Gasteiger partial charge is 0.308 e. The number of aliphatic hydroxyl groups is 1. The summed E-state index contributed by atoms with van der Waals surface area (Å²) < 4.78 is 10.2. The zero-order valence-electron chi connectivity index (χ0n) is 9.85. The fourth-order valence-electron chi connectivity index (χ4n) is 1.64. The summed E-state index contributed by atoms with van der Waals surface area (Å²) in [7, 11) is 0. The first-order valence-corrected chi connectivity index (χ1v) is 6.75. The van der Waals surface area contributed by atoms with Gasteiger partial charge in [-0.2, -0.15) is 11.8 Å². The molecule has 1 heterocycles. The van der Waals surface area contributed by atoms with Crippen LogP contribution in [-0.4, -0.2) is 47.5 Å². The Morgan fingerprint density at radius 3 is 3.00 bits per heavy atom. The Labute approximate surface area is 101 Å². The van der Waals surface area contributed by atoms with Crippen molar-refractivity contribution < 1.29 is 19.4 Å². The average molecular weight is 248 g/mol. The third-order valence-electron chi connectivity index (χ3n) is 2.52. The molecule has 1 aliphatic heterocycles. The van der Waals surface area contributed by atoms with Gasteiger partial charge in [-0.05, 0) is 20.3 Å². The van der Waals surface area contributed by atoms with Crippen LogP contribution in [0.1, 0.15) is 26.7 Å². The first-order valence-electron chi connectivity index (χ1n) is 5.70. The van der Waals surface area contributed by atoms with Crippen molar-refractivity contribution >= 4 is 17.7 Å². The number of hydrogen-bond donors (Lipinski definition) is 1. The Morgan fingerprint density at radius 1 is 1.69 bits per heavy atom. The van der Waals surface area contributed by atoms with Crippen molar-refractivity contribution in [1.82, 2.24) is 0 Å². The quantitative estimate of drug-likeness (QED) is 0.716. The van der Waals surface area contributed by atoms with Gasteiger partial charge in [0.2, 0.25) is 0 Å². The molecule has 0 radical (unpaired) electrons. The number of hydrogen-bond acceptors (Lipinski definition) is 5. The average Bonchev–Trinajstić information content (AvgIpc) is 2.61. The van der Waals surface area contributed by atoms with Crippen molar-refractivity contribution in [2.75, 3.05) is 19.0 Å². The molecular weight excluding hydrogens is 228 g/mol. The highest BCUT2D eigenvalue weighted by Gasteiger charge is 2.25. The summed E-state index contributed by atoms with van der Waals surface area (Å²) in [5.74, 6) is 0.239. The summed E-state index contributed by atoms with van der Waals surface area (Å²) in [6, 6.07) is 0. The van der Waals surface area contributed by atoms with Gasteiger partial charge in [-0.3, -0.25) is 4.79 Å². The highest BCUT2D eigenvalue weighted by Crippen LogP contribution is 2.26. The van der Waals surface area contributed by atoms with Gasteiger partial charge >= 0.3 is 5.97 Å². The van der Waals surface area contributed by atoms with Crippen LogP contribution >= 0.6 is 11.8 Å². The van der Waals surface area contributed by atoms with E-state index >= 15 is 0 Å². The largest absolute Gasteiger partial charge is 0.466 e. The van der Waals surface area contributed by atoms with E-state index in [0.717, 1.165) is 13.0 Å². The Bertz CT molecular complexity index is 222. The minimum atomic E-state index is -0.614. The van der Waals surface area contributed by atoms with Gasteiger partial charge in [0, 0.05) is 17.6 Å². The molecule has 5 heteroatoms. The maximum atomic E-state index is 11.1. The zero-order valence-corrected chi connectivity index (χ0v) is 10.7. The number of esters is 1. The monoisotopic (exact) mass is 248 g/mol. The van der Waals surface area contributed by atoms with Crippen molar-refractivity contribution in [2.45, 2.75) is 44.1 Å². The number of rotatable bonds is 6. The highest BCUT2D eigenvalue weighted by atomic mass is 32.2. The molecule has 0 aromatic heterocycles. The summed E-state index contributed by atoms with van der Waals surface area (Å²) in [5, 5.41) is 10.1. The van der Waals surface area contributed by atoms with Crippen LogP contribution in [0.5, 0.6) is 0 Å². The number of aliphatic hydroxyl groups excluding tert-OH is 1. The topological polar surface area (TPSA) is 55.8 Å². The lowest BCUT2D eigenvalue weighted by molar-refractivity contribution is -0.144. The fourth-order valence-corrected chi connectivity index (χ4v) is 2.84. The normalized spacial score (nSPS) is 26.7. The molecule has 1 fully saturated rings. The van der Waals surface area contributed by atoms with Crippen molar-refractivity contribution in [3.8, 4) is 0 Å². The number of carbonyl (C=O) groups excluding carboxylic acids is 1. The van der Waals surface area contributed by atoms with E-state index in [4.69, 9.17) is 9.47 Å². The third kappa shape index (κ3) is 4.72. The molecule has 1 N–H and O–H groups in total. The van der Waals surface area contributed by atoms with Crippen LogP contribution in [0.25, 0.3) is 0 Å². The molecule has 3 unspecified atom stereocenters. The maximum Gasteiger partial charge on any atom is 0.308 e. The molecule has 0 aromatic rings. The lowest BCUT2D eigenvalue weighted by atomic mass is 10.2. The van der Waals surface area contributed by atoms with Gasteiger partial charge in [0.1, 0.15) is 0 Å². The van der Waals surface area contributed by atoms with Gasteiger partial charge in [0.25, 0.3) is 0 Å². The molecule has 94 valence electrons. The van der Waals surface area contributed by atoms with E-state index in [1.807, 2.05) is 6.92 Å². The van der Waals surface area contributed by atoms with Crippen LogP contribution < -0.4 is 0 Å². The third-order valence-corrected chi connectivity index (χ3v) is 4.14. The predicted octanol–water partition coefficient (Wildman–Crippen LogP) is 1.21. The summed E-state index contributed by atoms with van der Waals surface area (Å²) in [6.07, 6.45) is 0.748. The van der Waals surface area contributed by atoms with E-state index < -0.39 is 6.10 Å². The highest BCUT2D eigenvalue weighted by molar-refractivity contribution is 8.00. The first kappa shape index (κ1) is 13.8. The van der Waals surface area contributed by atoms with Crippen LogP contribution in [0.3, 0.4) is 0 Å². The molecule has 4 nitrogen and oxygen atoms in total. The lowest BCUT2D eigenvalue weighted by Crippen LogP contribution is -2.21. The Kier molecular flexibility index (Phi) is 6.16. The fraction of sp³-hybridized carbons (Fsp3) is 0.909. The Hall–Kier alpha value is -0.260. The molecule has 1 saturated heterocycles. The minimum Gasteiger partial charge on any atom is -0.466 e. The van der Waals surface area contributed by atoms with Crippen molar-refractivity contribution in [3.05, 3.63) is 0 Å². The van der Waals surface area contributed by atoms with Crippen LogP contribution in [0, 0.1) is 0 Å². The van der Waals surface area contributed by atoms with Crippen LogP contribution in [0.2, 0.25) is 0 Å². The van der Waals surface area contributed by atoms with E-state index in [9.17, 15) is 9.90 Å². The first-order chi connectivity index (χ1) is 7.63. The van der Waals surface area contributed by atoms with Crippen LogP contribution in [0.4, 0.5) is 0 Å². The molecule has 1 aliphatic rings. The summed E-state index contributed by atoms with van der Waals surface area (Å²) in [4.78, 5) is 11.1. The molecule has 3 atom stereocenters. The molecule has 0 saturated carbocycles. The van der Waals surface area contributed by atoms with Crippen molar-refractivity contribution in [2.24, 2.45) is 0 Å². The summed E-state index contributed by atoms with van der Waals surface area (Å²) in [5.41, 5.74) is 0. The second-order valence-corrected chi connectivity index (χ2v) is 5.17. The molecule has 0 amide bonds. The van der Waals surface area contributed by atoms with Gasteiger partial charge in [0.05, 0.1) is 25.2 Å². The van der Waals surface area contributed by atoms with Gasteiger partial charge < -0.3 is 14.6 Å². The van der Waals surface area contributed by atoms with Gasteiger partial charge in [-0.25, -0.2) is 0 Å². The van der Waals surface area contributed by atoms with Crippen molar-refractivity contribution in [3.63, 3.8) is 0 Å². The molecule has 16 heavy (non-hydrogen) atoms. The molecular formula is C11H20O4S. The van der Waals surface area contributed by atoms with Gasteiger partial charge in [-0.1, -0.05) is 0 Å². The molecule has 0 spiro atoms.